The minimum atomic E-state index is 0.383. The fourth-order valence-electron chi connectivity index (χ4n) is 3.30. The third-order valence-corrected chi connectivity index (χ3v) is 4.59. The molecule has 0 unspecified atom stereocenters. The molecule has 1 aromatic carbocycles. The second-order valence-corrected chi connectivity index (χ2v) is 7.00. The molecule has 0 atom stereocenters. The molecule has 2 heteroatoms. The third kappa shape index (κ3) is 3.84. The van der Waals surface area contributed by atoms with Crippen molar-refractivity contribution >= 4 is 5.70 Å². The summed E-state index contributed by atoms with van der Waals surface area (Å²) in [6.45, 7) is 17.2. The molecule has 0 saturated heterocycles. The van der Waals surface area contributed by atoms with Crippen molar-refractivity contribution in [1.29, 1.82) is 0 Å². The zero-order valence-electron chi connectivity index (χ0n) is 16.4. The Balaban J connectivity index is 2.81. The SMILES string of the molecule is C=C/C(=C(\C(=C/C)C(C)C)n1ccnc1-c1ccccc1C)C(C)C. The molecule has 0 aliphatic heterocycles. The maximum absolute atomic E-state index is 4.69. The van der Waals surface area contributed by atoms with Gasteiger partial charge < -0.3 is 0 Å². The number of aryl methyl sites for hydroxylation is 1. The van der Waals surface area contributed by atoms with E-state index in [1.807, 2.05) is 12.3 Å². The van der Waals surface area contributed by atoms with E-state index < -0.39 is 0 Å². The molecule has 0 aliphatic carbocycles. The van der Waals surface area contributed by atoms with Crippen LogP contribution in [0.4, 0.5) is 0 Å². The topological polar surface area (TPSA) is 17.8 Å². The largest absolute Gasteiger partial charge is 0.299 e. The average Bonchev–Trinajstić information content (AvgIpc) is 3.03. The van der Waals surface area contributed by atoms with Crippen LogP contribution >= 0.6 is 0 Å². The van der Waals surface area contributed by atoms with Gasteiger partial charge in [0.05, 0.1) is 5.70 Å². The Morgan fingerprint density at radius 2 is 1.80 bits per heavy atom. The predicted molar refractivity (Wildman–Crippen MR) is 109 cm³/mol. The Bertz CT molecular complexity index is 801. The van der Waals surface area contributed by atoms with E-state index in [-0.39, 0.29) is 0 Å². The number of hydrogen-bond acceptors (Lipinski definition) is 1. The fraction of sp³-hybridized carbons (Fsp3) is 0.348. The summed E-state index contributed by atoms with van der Waals surface area (Å²) in [5.41, 5.74) is 6.16. The first-order valence-corrected chi connectivity index (χ1v) is 9.05. The number of aromatic nitrogens is 2. The summed E-state index contributed by atoms with van der Waals surface area (Å²) in [7, 11) is 0. The molecule has 1 aromatic heterocycles. The molecule has 0 N–H and O–H groups in total. The van der Waals surface area contributed by atoms with Crippen molar-refractivity contribution in [2.75, 3.05) is 0 Å². The van der Waals surface area contributed by atoms with Crippen LogP contribution in [0.2, 0.25) is 0 Å². The van der Waals surface area contributed by atoms with Gasteiger partial charge in [0.15, 0.2) is 0 Å². The molecule has 2 rings (SSSR count). The van der Waals surface area contributed by atoms with Gasteiger partial charge in [0.1, 0.15) is 5.82 Å². The van der Waals surface area contributed by atoms with Gasteiger partial charge >= 0.3 is 0 Å². The van der Waals surface area contributed by atoms with Crippen LogP contribution in [0, 0.1) is 18.8 Å². The Labute approximate surface area is 152 Å². The number of nitrogens with zero attached hydrogens (tertiary/aromatic N) is 2. The van der Waals surface area contributed by atoms with Crippen LogP contribution in [0.3, 0.4) is 0 Å². The summed E-state index contributed by atoms with van der Waals surface area (Å²) in [6, 6.07) is 8.41. The second kappa shape index (κ2) is 8.15. The van der Waals surface area contributed by atoms with Crippen molar-refractivity contribution in [1.82, 2.24) is 9.55 Å². The van der Waals surface area contributed by atoms with E-state index in [1.54, 1.807) is 0 Å². The average molecular weight is 335 g/mol. The fourth-order valence-corrected chi connectivity index (χ4v) is 3.30. The number of allylic oxidation sites excluding steroid dienone is 5. The molecule has 0 amide bonds. The van der Waals surface area contributed by atoms with E-state index in [0.717, 1.165) is 11.4 Å². The van der Waals surface area contributed by atoms with E-state index in [4.69, 9.17) is 0 Å². The highest BCUT2D eigenvalue weighted by atomic mass is 15.1. The van der Waals surface area contributed by atoms with Gasteiger partial charge in [-0.1, -0.05) is 70.7 Å². The molecule has 132 valence electrons. The first kappa shape index (κ1) is 19.0. The summed E-state index contributed by atoms with van der Waals surface area (Å²) >= 11 is 0. The number of benzene rings is 1. The smallest absolute Gasteiger partial charge is 0.144 e. The molecule has 0 spiro atoms. The lowest BCUT2D eigenvalue weighted by Crippen LogP contribution is -2.11. The van der Waals surface area contributed by atoms with E-state index in [1.165, 1.54) is 22.4 Å². The zero-order chi connectivity index (χ0) is 18.6. The van der Waals surface area contributed by atoms with Crippen LogP contribution in [0.15, 0.2) is 66.5 Å². The van der Waals surface area contributed by atoms with Crippen molar-refractivity contribution in [3.05, 3.63) is 72.1 Å². The molecule has 0 bridgehead atoms. The molecule has 0 saturated carbocycles. The highest BCUT2D eigenvalue weighted by molar-refractivity contribution is 5.76. The van der Waals surface area contributed by atoms with Gasteiger partial charge in [0.2, 0.25) is 0 Å². The summed E-state index contributed by atoms with van der Waals surface area (Å²) < 4.78 is 2.23. The second-order valence-electron chi connectivity index (χ2n) is 7.00. The summed E-state index contributed by atoms with van der Waals surface area (Å²) in [5, 5.41) is 0. The molecular weight excluding hydrogens is 304 g/mol. The van der Waals surface area contributed by atoms with Crippen LogP contribution in [-0.4, -0.2) is 9.55 Å². The summed E-state index contributed by atoms with van der Waals surface area (Å²) in [4.78, 5) is 4.69. The lowest BCUT2D eigenvalue weighted by molar-refractivity contribution is 0.753. The highest BCUT2D eigenvalue weighted by Crippen LogP contribution is 2.34. The molecule has 0 radical (unpaired) electrons. The van der Waals surface area contributed by atoms with Crippen LogP contribution in [0.1, 0.15) is 40.2 Å². The van der Waals surface area contributed by atoms with Crippen LogP contribution < -0.4 is 0 Å². The molecule has 0 fully saturated rings. The van der Waals surface area contributed by atoms with Gasteiger partial charge in [-0.2, -0.15) is 0 Å². The quantitative estimate of drug-likeness (QED) is 0.550. The van der Waals surface area contributed by atoms with Crippen molar-refractivity contribution in [3.8, 4) is 11.4 Å². The van der Waals surface area contributed by atoms with Gasteiger partial charge in [0, 0.05) is 18.0 Å². The molecule has 1 heterocycles. The maximum atomic E-state index is 4.69. The first-order chi connectivity index (χ1) is 11.9. The lowest BCUT2D eigenvalue weighted by Gasteiger charge is -2.24. The highest BCUT2D eigenvalue weighted by Gasteiger charge is 2.20. The third-order valence-electron chi connectivity index (χ3n) is 4.59. The first-order valence-electron chi connectivity index (χ1n) is 9.05. The minimum absolute atomic E-state index is 0.383. The molecule has 2 aromatic rings. The summed E-state index contributed by atoms with van der Waals surface area (Å²) in [6.07, 6.45) is 8.16. The maximum Gasteiger partial charge on any atom is 0.144 e. The van der Waals surface area contributed by atoms with E-state index >= 15 is 0 Å². The van der Waals surface area contributed by atoms with E-state index in [2.05, 4.69) is 94.2 Å². The molecule has 2 nitrogen and oxygen atoms in total. The van der Waals surface area contributed by atoms with Crippen LogP contribution in [-0.2, 0) is 0 Å². The summed E-state index contributed by atoms with van der Waals surface area (Å²) in [5.74, 6) is 1.78. The molecule has 0 aliphatic rings. The van der Waals surface area contributed by atoms with Gasteiger partial charge in [0.25, 0.3) is 0 Å². The Morgan fingerprint density at radius 3 is 2.32 bits per heavy atom. The van der Waals surface area contributed by atoms with Crippen molar-refractivity contribution in [2.24, 2.45) is 11.8 Å². The molecular formula is C23H30N2. The number of rotatable bonds is 6. The Morgan fingerprint density at radius 1 is 1.12 bits per heavy atom. The van der Waals surface area contributed by atoms with Crippen LogP contribution in [0.5, 0.6) is 0 Å². The lowest BCUT2D eigenvalue weighted by atomic mass is 9.91. The number of hydrogen-bond donors (Lipinski definition) is 0. The monoisotopic (exact) mass is 334 g/mol. The van der Waals surface area contributed by atoms with E-state index in [0.29, 0.717) is 11.8 Å². The van der Waals surface area contributed by atoms with Crippen molar-refractivity contribution in [2.45, 2.75) is 41.5 Å². The van der Waals surface area contributed by atoms with Gasteiger partial charge in [-0.25, -0.2) is 4.98 Å². The van der Waals surface area contributed by atoms with Gasteiger partial charge in [-0.3, -0.25) is 4.57 Å². The van der Waals surface area contributed by atoms with Gasteiger partial charge in [-0.05, 0) is 42.4 Å². The zero-order valence-corrected chi connectivity index (χ0v) is 16.4. The molecule has 25 heavy (non-hydrogen) atoms. The minimum Gasteiger partial charge on any atom is -0.299 e. The van der Waals surface area contributed by atoms with Crippen molar-refractivity contribution < 1.29 is 0 Å². The van der Waals surface area contributed by atoms with Gasteiger partial charge in [-0.15, -0.1) is 0 Å². The van der Waals surface area contributed by atoms with Crippen molar-refractivity contribution in [3.63, 3.8) is 0 Å². The Hall–Kier alpha value is -2.35. The van der Waals surface area contributed by atoms with Crippen LogP contribution in [0.25, 0.3) is 17.1 Å². The number of imidazole rings is 1. The van der Waals surface area contributed by atoms with E-state index in [9.17, 15) is 0 Å². The normalized spacial score (nSPS) is 13.4. The Kier molecular flexibility index (Phi) is 6.19. The standard InChI is InChI=1S/C23H30N2/c1-8-19(16(3)4)22(20(9-2)17(5)6)25-15-14-24-23(25)21-13-11-10-12-18(21)7/h8-17H,1H2,2-7H3/b20-9-,22-19-. The predicted octanol–water partition coefficient (Wildman–Crippen LogP) is 6.51.